The summed E-state index contributed by atoms with van der Waals surface area (Å²) in [5, 5.41) is 2.17. The highest BCUT2D eigenvalue weighted by Crippen LogP contribution is 2.33. The zero-order chi connectivity index (χ0) is 26.6. The number of hydrogen-bond donors (Lipinski definition) is 1. The summed E-state index contributed by atoms with van der Waals surface area (Å²) in [6.07, 6.45) is 5.97. The Morgan fingerprint density at radius 2 is 1.36 bits per heavy atom. The van der Waals surface area contributed by atoms with Crippen molar-refractivity contribution in [1.82, 2.24) is 9.97 Å². The van der Waals surface area contributed by atoms with Crippen LogP contribution < -0.4 is 5.73 Å². The van der Waals surface area contributed by atoms with Gasteiger partial charge in [0, 0.05) is 17.0 Å². The summed E-state index contributed by atoms with van der Waals surface area (Å²) in [6, 6.07) is 39.2. The molecule has 0 spiro atoms. The molecule has 0 fully saturated rings. The lowest BCUT2D eigenvalue weighted by atomic mass is 9.84. The van der Waals surface area contributed by atoms with Crippen molar-refractivity contribution in [3.05, 3.63) is 149 Å². The Hall–Kier alpha value is -4.50. The fraction of sp³-hybridized carbons (Fsp3) is 0.167. The standard InChI is InChI=1S/C36H33N3/c1-25-16-19-32-33-23-31(24-38-35(33)36(37)39-34(32)20-25)30(21-27-12-6-3-7-13-27)22-29-15-9-8-14-28(29)18-17-26-10-4-2-5-11-26/h2-16,19-20,23-24,30H,17-18,21-22H2,1H3,(H2,37,39). The lowest BCUT2D eigenvalue weighted by Crippen LogP contribution is -2.10. The van der Waals surface area contributed by atoms with Crippen molar-refractivity contribution in [2.75, 3.05) is 5.73 Å². The van der Waals surface area contributed by atoms with E-state index in [2.05, 4.69) is 121 Å². The largest absolute Gasteiger partial charge is 0.382 e. The molecule has 192 valence electrons. The van der Waals surface area contributed by atoms with Gasteiger partial charge in [-0.05, 0) is 84.0 Å². The number of nitrogens with two attached hydrogens (primary N) is 1. The van der Waals surface area contributed by atoms with Crippen molar-refractivity contribution < 1.29 is 0 Å². The minimum atomic E-state index is 0.275. The predicted molar refractivity (Wildman–Crippen MR) is 163 cm³/mol. The van der Waals surface area contributed by atoms with Crippen LogP contribution in [-0.2, 0) is 25.7 Å². The van der Waals surface area contributed by atoms with E-state index in [1.807, 2.05) is 6.20 Å². The minimum Gasteiger partial charge on any atom is -0.382 e. The Labute approximate surface area is 230 Å². The van der Waals surface area contributed by atoms with Crippen molar-refractivity contribution in [3.63, 3.8) is 0 Å². The van der Waals surface area contributed by atoms with Gasteiger partial charge in [-0.2, -0.15) is 0 Å². The third-order valence-electron chi connectivity index (χ3n) is 7.74. The van der Waals surface area contributed by atoms with E-state index in [4.69, 9.17) is 10.7 Å². The first-order chi connectivity index (χ1) is 19.1. The van der Waals surface area contributed by atoms with E-state index < -0.39 is 0 Å². The first kappa shape index (κ1) is 24.8. The number of aromatic nitrogens is 2. The van der Waals surface area contributed by atoms with Crippen LogP contribution in [0.3, 0.4) is 0 Å². The maximum atomic E-state index is 6.37. The van der Waals surface area contributed by atoms with Crippen LogP contribution in [0.15, 0.2) is 115 Å². The first-order valence-electron chi connectivity index (χ1n) is 13.7. The topological polar surface area (TPSA) is 51.8 Å². The molecule has 0 aliphatic rings. The summed E-state index contributed by atoms with van der Waals surface area (Å²) in [5.41, 5.74) is 16.0. The number of hydrogen-bond acceptors (Lipinski definition) is 3. The second kappa shape index (κ2) is 11.1. The van der Waals surface area contributed by atoms with E-state index >= 15 is 0 Å². The molecule has 0 saturated carbocycles. The SMILES string of the molecule is Cc1ccc2c(c1)nc(N)c1ncc(C(Cc3ccccc3)Cc3ccccc3CCc3ccccc3)cc12. The monoisotopic (exact) mass is 507 g/mol. The van der Waals surface area contributed by atoms with Crippen LogP contribution in [0, 0.1) is 6.92 Å². The van der Waals surface area contributed by atoms with Crippen LogP contribution in [0.25, 0.3) is 21.8 Å². The van der Waals surface area contributed by atoms with Gasteiger partial charge in [-0.15, -0.1) is 0 Å². The lowest BCUT2D eigenvalue weighted by Gasteiger charge is -2.21. The van der Waals surface area contributed by atoms with Gasteiger partial charge in [0.1, 0.15) is 5.52 Å². The van der Waals surface area contributed by atoms with Crippen molar-refractivity contribution in [2.24, 2.45) is 0 Å². The quantitative estimate of drug-likeness (QED) is 0.212. The third-order valence-corrected chi connectivity index (χ3v) is 7.74. The molecule has 0 aliphatic heterocycles. The molecule has 1 unspecified atom stereocenters. The van der Waals surface area contributed by atoms with Gasteiger partial charge in [-0.25, -0.2) is 4.98 Å². The molecule has 39 heavy (non-hydrogen) atoms. The highest BCUT2D eigenvalue weighted by molar-refractivity contribution is 6.08. The maximum Gasteiger partial charge on any atom is 0.150 e. The molecule has 4 aromatic carbocycles. The van der Waals surface area contributed by atoms with Crippen molar-refractivity contribution >= 4 is 27.6 Å². The zero-order valence-electron chi connectivity index (χ0n) is 22.3. The van der Waals surface area contributed by atoms with Gasteiger partial charge >= 0.3 is 0 Å². The molecule has 0 radical (unpaired) electrons. The number of benzene rings is 4. The minimum absolute atomic E-state index is 0.275. The van der Waals surface area contributed by atoms with Crippen LogP contribution in [0.1, 0.15) is 39.3 Å². The van der Waals surface area contributed by atoms with Gasteiger partial charge in [0.15, 0.2) is 5.82 Å². The Bertz CT molecular complexity index is 1730. The van der Waals surface area contributed by atoms with Crippen LogP contribution in [0.4, 0.5) is 5.82 Å². The molecule has 2 heterocycles. The highest BCUT2D eigenvalue weighted by atomic mass is 14.9. The molecule has 0 amide bonds. The molecule has 2 N–H and O–H groups in total. The van der Waals surface area contributed by atoms with E-state index in [0.717, 1.165) is 47.5 Å². The predicted octanol–water partition coefficient (Wildman–Crippen LogP) is 8.03. The van der Waals surface area contributed by atoms with E-state index in [0.29, 0.717) is 5.82 Å². The van der Waals surface area contributed by atoms with Gasteiger partial charge in [0.2, 0.25) is 0 Å². The molecule has 3 nitrogen and oxygen atoms in total. The number of anilines is 1. The summed E-state index contributed by atoms with van der Waals surface area (Å²) < 4.78 is 0. The fourth-order valence-electron chi connectivity index (χ4n) is 5.65. The second-order valence-corrected chi connectivity index (χ2v) is 10.5. The molecule has 3 heteroatoms. The maximum absolute atomic E-state index is 6.37. The molecule has 0 saturated heterocycles. The molecular weight excluding hydrogens is 474 g/mol. The summed E-state index contributed by atoms with van der Waals surface area (Å²) in [4.78, 5) is 9.52. The Morgan fingerprint density at radius 3 is 2.13 bits per heavy atom. The second-order valence-electron chi connectivity index (χ2n) is 10.5. The Morgan fingerprint density at radius 1 is 0.667 bits per heavy atom. The van der Waals surface area contributed by atoms with Gasteiger partial charge in [0.05, 0.1) is 5.52 Å². The van der Waals surface area contributed by atoms with Crippen LogP contribution >= 0.6 is 0 Å². The molecule has 0 bridgehead atoms. The van der Waals surface area contributed by atoms with Crippen LogP contribution in [-0.4, -0.2) is 9.97 Å². The van der Waals surface area contributed by atoms with E-state index in [1.54, 1.807) is 0 Å². The van der Waals surface area contributed by atoms with Gasteiger partial charge in [-0.3, -0.25) is 4.98 Å². The van der Waals surface area contributed by atoms with Crippen molar-refractivity contribution in [1.29, 1.82) is 0 Å². The highest BCUT2D eigenvalue weighted by Gasteiger charge is 2.18. The first-order valence-corrected chi connectivity index (χ1v) is 13.7. The number of rotatable bonds is 8. The summed E-state index contributed by atoms with van der Waals surface area (Å²) >= 11 is 0. The zero-order valence-corrected chi connectivity index (χ0v) is 22.3. The van der Waals surface area contributed by atoms with Crippen molar-refractivity contribution in [3.8, 4) is 0 Å². The van der Waals surface area contributed by atoms with E-state index in [-0.39, 0.29) is 5.92 Å². The van der Waals surface area contributed by atoms with E-state index in [9.17, 15) is 0 Å². The average Bonchev–Trinajstić information content (AvgIpc) is 2.97. The number of nitrogen functional groups attached to an aromatic ring is 1. The Kier molecular flexibility index (Phi) is 7.05. The summed E-state index contributed by atoms with van der Waals surface area (Å²) in [7, 11) is 0. The number of nitrogens with zero attached hydrogens (tertiary/aromatic N) is 2. The number of pyridine rings is 2. The molecule has 6 aromatic rings. The third kappa shape index (κ3) is 5.53. The summed E-state index contributed by atoms with van der Waals surface area (Å²) in [5.74, 6) is 0.762. The van der Waals surface area contributed by atoms with Gasteiger partial charge < -0.3 is 5.73 Å². The number of fused-ring (bicyclic) bond motifs is 3. The van der Waals surface area contributed by atoms with Gasteiger partial charge in [-0.1, -0.05) is 97.1 Å². The van der Waals surface area contributed by atoms with Gasteiger partial charge in [0.25, 0.3) is 0 Å². The lowest BCUT2D eigenvalue weighted by molar-refractivity contribution is 0.673. The fourth-order valence-corrected chi connectivity index (χ4v) is 5.65. The molecule has 0 aliphatic carbocycles. The molecule has 1 atom stereocenters. The molecule has 2 aromatic heterocycles. The molecular formula is C36H33N3. The molecule has 6 rings (SSSR count). The normalized spacial score (nSPS) is 12.1. The smallest absolute Gasteiger partial charge is 0.150 e. The van der Waals surface area contributed by atoms with Crippen LogP contribution in [0.5, 0.6) is 0 Å². The number of aryl methyl sites for hydroxylation is 3. The van der Waals surface area contributed by atoms with E-state index in [1.165, 1.54) is 33.4 Å². The Balaban J connectivity index is 1.39. The summed E-state index contributed by atoms with van der Waals surface area (Å²) in [6.45, 7) is 2.08. The van der Waals surface area contributed by atoms with Crippen molar-refractivity contribution in [2.45, 2.75) is 38.5 Å². The van der Waals surface area contributed by atoms with Crippen LogP contribution in [0.2, 0.25) is 0 Å². The average molecular weight is 508 g/mol.